The van der Waals surface area contributed by atoms with Crippen molar-refractivity contribution in [1.29, 1.82) is 0 Å². The SMILES string of the molecule is COC(=O)C1=C(C)NC(C)=C(C(=O)OC/C=C/c2ccc(Cn3ccnc3)cc2)C1C1(OC)C=CC=CN1. The minimum Gasteiger partial charge on any atom is -0.466 e. The van der Waals surface area contributed by atoms with Gasteiger partial charge in [-0.2, -0.15) is 0 Å². The van der Waals surface area contributed by atoms with Gasteiger partial charge in [0.05, 0.1) is 30.5 Å². The van der Waals surface area contributed by atoms with Crippen molar-refractivity contribution < 1.29 is 23.8 Å². The minimum atomic E-state index is -1.19. The molecule has 0 spiro atoms. The van der Waals surface area contributed by atoms with Crippen molar-refractivity contribution in [2.45, 2.75) is 26.1 Å². The van der Waals surface area contributed by atoms with Gasteiger partial charge in [0, 0.05) is 37.4 Å². The molecule has 9 nitrogen and oxygen atoms in total. The molecule has 2 aromatic rings. The molecule has 0 bridgehead atoms. The summed E-state index contributed by atoms with van der Waals surface area (Å²) < 4.78 is 18.6. The van der Waals surface area contributed by atoms with E-state index in [1.807, 2.05) is 41.1 Å². The van der Waals surface area contributed by atoms with Crippen LogP contribution in [0, 0.1) is 5.92 Å². The van der Waals surface area contributed by atoms with Gasteiger partial charge in [-0.15, -0.1) is 0 Å². The number of esters is 2. The summed E-state index contributed by atoms with van der Waals surface area (Å²) in [6.45, 7) is 4.34. The van der Waals surface area contributed by atoms with E-state index in [9.17, 15) is 9.59 Å². The van der Waals surface area contributed by atoms with Gasteiger partial charge in [0.2, 0.25) is 0 Å². The summed E-state index contributed by atoms with van der Waals surface area (Å²) in [5.74, 6) is -1.94. The van der Waals surface area contributed by atoms with Gasteiger partial charge in [-0.3, -0.25) is 0 Å². The standard InChI is InChI=1S/C29H32N4O5/c1-20-24(27(34)36-3)26(29(37-4)13-5-6-14-31-29)25(21(2)32-20)28(35)38-17-7-8-22-9-11-23(12-10-22)18-33-16-15-30-19-33/h5-16,19,26,31-32H,17-18H2,1-4H3/b8-7+. The van der Waals surface area contributed by atoms with E-state index >= 15 is 0 Å². The third-order valence-electron chi connectivity index (χ3n) is 6.54. The normalized spacial score (nSPS) is 20.9. The molecule has 9 heteroatoms. The third kappa shape index (κ3) is 5.63. The lowest BCUT2D eigenvalue weighted by Crippen LogP contribution is -2.55. The highest BCUT2D eigenvalue weighted by molar-refractivity contribution is 5.98. The molecule has 2 unspecified atom stereocenters. The number of carbonyl (C=O) groups is 2. The van der Waals surface area contributed by atoms with E-state index in [1.54, 1.807) is 56.9 Å². The van der Waals surface area contributed by atoms with E-state index in [1.165, 1.54) is 14.2 Å². The molecular weight excluding hydrogens is 484 g/mol. The van der Waals surface area contributed by atoms with E-state index in [0.717, 1.165) is 17.7 Å². The van der Waals surface area contributed by atoms with Crippen LogP contribution in [0.25, 0.3) is 6.08 Å². The van der Waals surface area contributed by atoms with Gasteiger partial charge >= 0.3 is 11.9 Å². The molecular formula is C29H32N4O5. The molecule has 0 fully saturated rings. The second-order valence-electron chi connectivity index (χ2n) is 8.96. The Kier molecular flexibility index (Phi) is 8.28. The quantitative estimate of drug-likeness (QED) is 0.489. The molecule has 2 N–H and O–H groups in total. The number of nitrogens with one attached hydrogen (secondary N) is 2. The first kappa shape index (κ1) is 26.7. The van der Waals surface area contributed by atoms with Gasteiger partial charge in [-0.1, -0.05) is 36.4 Å². The highest BCUT2D eigenvalue weighted by Crippen LogP contribution is 2.40. The van der Waals surface area contributed by atoms with Crippen LogP contribution in [0.3, 0.4) is 0 Å². The van der Waals surface area contributed by atoms with Crippen molar-refractivity contribution in [3.05, 3.63) is 107 Å². The number of imidazole rings is 1. The highest BCUT2D eigenvalue weighted by Gasteiger charge is 2.49. The highest BCUT2D eigenvalue weighted by atomic mass is 16.5. The molecule has 0 amide bonds. The maximum Gasteiger partial charge on any atom is 0.336 e. The van der Waals surface area contributed by atoms with Gasteiger partial charge < -0.3 is 29.4 Å². The number of carbonyl (C=O) groups excluding carboxylic acids is 2. The molecule has 2 atom stereocenters. The molecule has 0 saturated carbocycles. The first-order chi connectivity index (χ1) is 18.4. The molecule has 0 aliphatic carbocycles. The Morgan fingerprint density at radius 3 is 2.42 bits per heavy atom. The van der Waals surface area contributed by atoms with Crippen LogP contribution in [-0.2, 0) is 30.3 Å². The number of hydrogen-bond acceptors (Lipinski definition) is 8. The summed E-state index contributed by atoms with van der Waals surface area (Å²) in [4.78, 5) is 30.3. The lowest BCUT2D eigenvalue weighted by Gasteiger charge is -2.42. The summed E-state index contributed by atoms with van der Waals surface area (Å²) in [7, 11) is 2.83. The van der Waals surface area contributed by atoms with Crippen LogP contribution in [0.15, 0.2) is 96.0 Å². The Morgan fingerprint density at radius 2 is 1.82 bits per heavy atom. The molecule has 4 rings (SSSR count). The first-order valence-electron chi connectivity index (χ1n) is 12.2. The van der Waals surface area contributed by atoms with E-state index in [-0.39, 0.29) is 17.8 Å². The zero-order valence-electron chi connectivity index (χ0n) is 21.9. The molecule has 1 aromatic heterocycles. The summed E-state index contributed by atoms with van der Waals surface area (Å²) in [6, 6.07) is 8.10. The Bertz CT molecular complexity index is 1320. The lowest BCUT2D eigenvalue weighted by atomic mass is 9.77. The van der Waals surface area contributed by atoms with Crippen LogP contribution in [-0.4, -0.2) is 48.0 Å². The van der Waals surface area contributed by atoms with Crippen molar-refractivity contribution in [2.75, 3.05) is 20.8 Å². The molecule has 3 heterocycles. The summed E-state index contributed by atoms with van der Waals surface area (Å²) in [5.41, 5.74) is 2.66. The minimum absolute atomic E-state index is 0.0541. The molecule has 198 valence electrons. The third-order valence-corrected chi connectivity index (χ3v) is 6.54. The Balaban J connectivity index is 1.49. The van der Waals surface area contributed by atoms with Crippen LogP contribution in [0.5, 0.6) is 0 Å². The van der Waals surface area contributed by atoms with Crippen molar-refractivity contribution >= 4 is 18.0 Å². The lowest BCUT2D eigenvalue weighted by molar-refractivity contribution is -0.141. The van der Waals surface area contributed by atoms with Crippen molar-refractivity contribution in [3.63, 3.8) is 0 Å². The molecule has 0 saturated heterocycles. The number of dihydropyridines is 2. The number of benzene rings is 1. The van der Waals surface area contributed by atoms with E-state index in [0.29, 0.717) is 11.4 Å². The van der Waals surface area contributed by atoms with Crippen molar-refractivity contribution in [3.8, 4) is 0 Å². The van der Waals surface area contributed by atoms with Crippen LogP contribution in [0.1, 0.15) is 25.0 Å². The van der Waals surface area contributed by atoms with Gasteiger partial charge in [0.25, 0.3) is 0 Å². The van der Waals surface area contributed by atoms with Crippen LogP contribution < -0.4 is 10.6 Å². The fraction of sp³-hybridized carbons (Fsp3) is 0.276. The largest absolute Gasteiger partial charge is 0.466 e. The van der Waals surface area contributed by atoms with Gasteiger partial charge in [-0.05, 0) is 49.4 Å². The average molecular weight is 517 g/mol. The predicted molar refractivity (Wildman–Crippen MR) is 143 cm³/mol. The summed E-state index contributed by atoms with van der Waals surface area (Å²) >= 11 is 0. The number of allylic oxidation sites excluding steroid dienone is 4. The molecule has 1 aromatic carbocycles. The maximum absolute atomic E-state index is 13.4. The number of ether oxygens (including phenoxy) is 3. The Hall–Kier alpha value is -4.37. The molecule has 0 radical (unpaired) electrons. The zero-order valence-corrected chi connectivity index (χ0v) is 21.9. The van der Waals surface area contributed by atoms with E-state index < -0.39 is 23.6 Å². The second kappa shape index (κ2) is 11.8. The monoisotopic (exact) mass is 516 g/mol. The van der Waals surface area contributed by atoms with Crippen LogP contribution in [0.4, 0.5) is 0 Å². The predicted octanol–water partition coefficient (Wildman–Crippen LogP) is 3.44. The number of rotatable bonds is 9. The summed E-state index contributed by atoms with van der Waals surface area (Å²) in [5, 5.41) is 6.31. The molecule has 2 aliphatic rings. The number of methoxy groups -OCH3 is 2. The second-order valence-corrected chi connectivity index (χ2v) is 8.96. The fourth-order valence-electron chi connectivity index (χ4n) is 4.69. The number of aromatic nitrogens is 2. The van der Waals surface area contributed by atoms with Gasteiger partial charge in [0.15, 0.2) is 5.72 Å². The van der Waals surface area contributed by atoms with Crippen molar-refractivity contribution in [1.82, 2.24) is 20.2 Å². The first-order valence-corrected chi connectivity index (χ1v) is 12.2. The van der Waals surface area contributed by atoms with E-state index in [2.05, 4.69) is 15.6 Å². The smallest absolute Gasteiger partial charge is 0.336 e. The number of nitrogens with zero attached hydrogens (tertiary/aromatic N) is 2. The zero-order chi connectivity index (χ0) is 27.1. The molecule has 38 heavy (non-hydrogen) atoms. The van der Waals surface area contributed by atoms with Crippen LogP contribution >= 0.6 is 0 Å². The summed E-state index contributed by atoms with van der Waals surface area (Å²) in [6.07, 6.45) is 16.2. The topological polar surface area (TPSA) is 104 Å². The fourth-order valence-corrected chi connectivity index (χ4v) is 4.69. The Labute approximate surface area is 222 Å². The number of hydrogen-bond donors (Lipinski definition) is 2. The maximum atomic E-state index is 13.4. The van der Waals surface area contributed by atoms with E-state index in [4.69, 9.17) is 14.2 Å². The Morgan fingerprint density at radius 1 is 1.08 bits per heavy atom. The van der Waals surface area contributed by atoms with Crippen molar-refractivity contribution in [2.24, 2.45) is 5.92 Å². The molecule has 2 aliphatic heterocycles. The van der Waals surface area contributed by atoms with Crippen LogP contribution in [0.2, 0.25) is 0 Å². The van der Waals surface area contributed by atoms with Gasteiger partial charge in [0.1, 0.15) is 6.61 Å². The average Bonchev–Trinajstić information content (AvgIpc) is 3.44. The van der Waals surface area contributed by atoms with Gasteiger partial charge in [-0.25, -0.2) is 14.6 Å².